The Morgan fingerprint density at radius 1 is 1.08 bits per heavy atom. The van der Waals surface area contributed by atoms with E-state index in [1.807, 2.05) is 31.2 Å². The number of hydrogen-bond acceptors (Lipinski definition) is 3. The summed E-state index contributed by atoms with van der Waals surface area (Å²) < 4.78 is 8.13. The molecule has 0 spiro atoms. The van der Waals surface area contributed by atoms with E-state index in [0.717, 1.165) is 46.7 Å². The maximum atomic E-state index is 10.3. The number of rotatable bonds is 7. The first-order chi connectivity index (χ1) is 12.1. The molecule has 4 heteroatoms. The highest BCUT2D eigenvalue weighted by atomic mass is 16.5. The van der Waals surface area contributed by atoms with Gasteiger partial charge in [-0.1, -0.05) is 37.3 Å². The van der Waals surface area contributed by atoms with Gasteiger partial charge in [0, 0.05) is 6.54 Å². The van der Waals surface area contributed by atoms with Crippen LogP contribution in [0.4, 0.5) is 0 Å². The number of aliphatic hydroxyl groups is 1. The molecular weight excluding hydrogens is 312 g/mol. The lowest BCUT2D eigenvalue weighted by atomic mass is 10.1. The van der Waals surface area contributed by atoms with Crippen LogP contribution in [0, 0.1) is 13.8 Å². The van der Waals surface area contributed by atoms with Crippen molar-refractivity contribution < 1.29 is 9.84 Å². The van der Waals surface area contributed by atoms with E-state index in [9.17, 15) is 5.11 Å². The van der Waals surface area contributed by atoms with Crippen molar-refractivity contribution in [2.45, 2.75) is 46.3 Å². The van der Waals surface area contributed by atoms with Crippen LogP contribution < -0.4 is 4.74 Å². The van der Waals surface area contributed by atoms with Crippen molar-refractivity contribution in [1.82, 2.24) is 9.55 Å². The zero-order valence-electron chi connectivity index (χ0n) is 15.2. The van der Waals surface area contributed by atoms with Gasteiger partial charge in [0.25, 0.3) is 0 Å². The van der Waals surface area contributed by atoms with Gasteiger partial charge in [-0.25, -0.2) is 4.98 Å². The molecule has 0 aliphatic heterocycles. The Bertz CT molecular complexity index is 834. The Kier molecular flexibility index (Phi) is 5.39. The third kappa shape index (κ3) is 3.69. The smallest absolute Gasteiger partial charge is 0.138 e. The molecule has 4 nitrogen and oxygen atoms in total. The summed E-state index contributed by atoms with van der Waals surface area (Å²) in [7, 11) is 0. The van der Waals surface area contributed by atoms with Crippen molar-refractivity contribution in [1.29, 1.82) is 0 Å². The molecule has 1 N–H and O–H groups in total. The molecule has 0 saturated carbocycles. The fourth-order valence-electron chi connectivity index (χ4n) is 3.19. The van der Waals surface area contributed by atoms with Gasteiger partial charge in [-0.05, 0) is 49.9 Å². The van der Waals surface area contributed by atoms with E-state index in [1.165, 1.54) is 0 Å². The quantitative estimate of drug-likeness (QED) is 0.642. The van der Waals surface area contributed by atoms with Crippen LogP contribution >= 0.6 is 0 Å². The summed E-state index contributed by atoms with van der Waals surface area (Å²) in [6.07, 6.45) is 0.978. The topological polar surface area (TPSA) is 47.3 Å². The number of aromatic nitrogens is 2. The predicted octanol–water partition coefficient (Wildman–Crippen LogP) is 4.57. The molecule has 25 heavy (non-hydrogen) atoms. The monoisotopic (exact) mass is 338 g/mol. The molecule has 0 fully saturated rings. The first kappa shape index (κ1) is 17.5. The van der Waals surface area contributed by atoms with Gasteiger partial charge < -0.3 is 14.4 Å². The molecule has 3 aromatic rings. The fraction of sp³-hybridized carbons (Fsp3) is 0.381. The Balaban J connectivity index is 1.72. The normalized spacial score (nSPS) is 12.5. The van der Waals surface area contributed by atoms with Gasteiger partial charge in [0.2, 0.25) is 0 Å². The predicted molar refractivity (Wildman–Crippen MR) is 101 cm³/mol. The third-order valence-corrected chi connectivity index (χ3v) is 4.55. The highest BCUT2D eigenvalue weighted by molar-refractivity contribution is 5.76. The summed E-state index contributed by atoms with van der Waals surface area (Å²) >= 11 is 0. The van der Waals surface area contributed by atoms with Gasteiger partial charge in [-0.2, -0.15) is 0 Å². The van der Waals surface area contributed by atoms with Crippen molar-refractivity contribution >= 4 is 11.0 Å². The van der Waals surface area contributed by atoms with E-state index in [4.69, 9.17) is 4.74 Å². The summed E-state index contributed by atoms with van der Waals surface area (Å²) in [5.74, 6) is 1.72. The number of nitrogens with zero attached hydrogens (tertiary/aromatic N) is 2. The molecule has 0 unspecified atom stereocenters. The summed E-state index contributed by atoms with van der Waals surface area (Å²) in [5.41, 5.74) is 4.32. The maximum absolute atomic E-state index is 10.3. The fourth-order valence-corrected chi connectivity index (χ4v) is 3.19. The number of para-hydroxylation sites is 3. The van der Waals surface area contributed by atoms with Crippen LogP contribution in [0.1, 0.15) is 42.8 Å². The highest BCUT2D eigenvalue weighted by Gasteiger charge is 2.16. The van der Waals surface area contributed by atoms with Crippen molar-refractivity contribution in [3.63, 3.8) is 0 Å². The number of hydrogen-bond donors (Lipinski definition) is 1. The molecule has 2 aromatic carbocycles. The first-order valence-corrected chi connectivity index (χ1v) is 8.94. The van der Waals surface area contributed by atoms with Gasteiger partial charge in [0.1, 0.15) is 17.7 Å². The van der Waals surface area contributed by atoms with Gasteiger partial charge in [0.15, 0.2) is 0 Å². The molecule has 0 aliphatic carbocycles. The van der Waals surface area contributed by atoms with Crippen molar-refractivity contribution in [3.05, 3.63) is 59.4 Å². The van der Waals surface area contributed by atoms with Crippen LogP contribution in [-0.2, 0) is 6.54 Å². The molecule has 0 bridgehead atoms. The molecule has 0 radical (unpaired) electrons. The minimum atomic E-state index is -0.535. The van der Waals surface area contributed by atoms with Crippen molar-refractivity contribution in [2.24, 2.45) is 0 Å². The lowest BCUT2D eigenvalue weighted by Crippen LogP contribution is -2.11. The SMILES string of the molecule is CC[C@@H](O)c1nc2ccccc2n1CCCOc1c(C)cccc1C. The molecule has 0 amide bonds. The maximum Gasteiger partial charge on any atom is 0.138 e. The van der Waals surface area contributed by atoms with E-state index in [1.54, 1.807) is 0 Å². The van der Waals surface area contributed by atoms with Gasteiger partial charge in [-0.3, -0.25) is 0 Å². The van der Waals surface area contributed by atoms with Gasteiger partial charge in [0.05, 0.1) is 17.6 Å². The molecule has 1 aromatic heterocycles. The number of aliphatic hydroxyl groups excluding tert-OH is 1. The van der Waals surface area contributed by atoms with E-state index >= 15 is 0 Å². The standard InChI is InChI=1S/C21H26N2O2/c1-4-19(24)21-22-17-11-5-6-12-18(17)23(21)13-8-14-25-20-15(2)9-7-10-16(20)3/h5-7,9-12,19,24H,4,8,13-14H2,1-3H3/t19-/m1/s1. The Morgan fingerprint density at radius 3 is 2.52 bits per heavy atom. The molecule has 132 valence electrons. The van der Waals surface area contributed by atoms with Crippen LogP contribution in [0.25, 0.3) is 11.0 Å². The molecular formula is C21H26N2O2. The highest BCUT2D eigenvalue weighted by Crippen LogP contribution is 2.24. The zero-order chi connectivity index (χ0) is 17.8. The van der Waals surface area contributed by atoms with Crippen LogP contribution in [0.5, 0.6) is 5.75 Å². The average Bonchev–Trinajstić information content (AvgIpc) is 2.99. The summed E-state index contributed by atoms with van der Waals surface area (Å²) in [4.78, 5) is 4.62. The van der Waals surface area contributed by atoms with Crippen LogP contribution in [-0.4, -0.2) is 21.3 Å². The minimum Gasteiger partial charge on any atom is -0.493 e. The third-order valence-electron chi connectivity index (χ3n) is 4.55. The number of benzene rings is 2. The summed E-state index contributed by atoms with van der Waals surface area (Å²) in [5, 5.41) is 10.3. The lowest BCUT2D eigenvalue weighted by molar-refractivity contribution is 0.158. The molecule has 1 heterocycles. The molecule has 1 atom stereocenters. The molecule has 3 rings (SSSR count). The second kappa shape index (κ2) is 7.70. The molecule has 0 saturated heterocycles. The Labute approximate surface area is 149 Å². The van der Waals surface area contributed by atoms with Crippen LogP contribution in [0.15, 0.2) is 42.5 Å². The van der Waals surface area contributed by atoms with E-state index in [2.05, 4.69) is 41.6 Å². The number of fused-ring (bicyclic) bond motifs is 1. The molecule has 0 aliphatic rings. The number of imidazole rings is 1. The van der Waals surface area contributed by atoms with Gasteiger partial charge in [-0.15, -0.1) is 0 Å². The summed E-state index contributed by atoms with van der Waals surface area (Å²) in [6, 6.07) is 14.2. The second-order valence-electron chi connectivity index (χ2n) is 6.46. The van der Waals surface area contributed by atoms with E-state index in [0.29, 0.717) is 13.0 Å². The minimum absolute atomic E-state index is 0.535. The second-order valence-corrected chi connectivity index (χ2v) is 6.46. The van der Waals surface area contributed by atoms with Crippen LogP contribution in [0.2, 0.25) is 0 Å². The first-order valence-electron chi connectivity index (χ1n) is 8.94. The zero-order valence-corrected chi connectivity index (χ0v) is 15.2. The largest absolute Gasteiger partial charge is 0.493 e. The van der Waals surface area contributed by atoms with Crippen molar-refractivity contribution in [3.8, 4) is 5.75 Å². The number of aryl methyl sites for hydroxylation is 3. The van der Waals surface area contributed by atoms with E-state index in [-0.39, 0.29) is 0 Å². The lowest BCUT2D eigenvalue weighted by Gasteiger charge is -2.14. The van der Waals surface area contributed by atoms with Gasteiger partial charge >= 0.3 is 0 Å². The Hall–Kier alpha value is -2.33. The van der Waals surface area contributed by atoms with E-state index < -0.39 is 6.10 Å². The average molecular weight is 338 g/mol. The summed E-state index contributed by atoms with van der Waals surface area (Å²) in [6.45, 7) is 7.53. The Morgan fingerprint density at radius 2 is 1.80 bits per heavy atom. The van der Waals surface area contributed by atoms with Crippen LogP contribution in [0.3, 0.4) is 0 Å². The van der Waals surface area contributed by atoms with Crippen molar-refractivity contribution in [2.75, 3.05) is 6.61 Å². The number of ether oxygens (including phenoxy) is 1.